The van der Waals surface area contributed by atoms with Gasteiger partial charge in [0.1, 0.15) is 17.2 Å². The van der Waals surface area contributed by atoms with Gasteiger partial charge in [0.05, 0.1) is 5.02 Å². The fraction of sp³-hybridized carbons (Fsp3) is 0.278. The third-order valence-electron chi connectivity index (χ3n) is 3.26. The van der Waals surface area contributed by atoms with Crippen molar-refractivity contribution >= 4 is 23.2 Å². The molecule has 4 nitrogen and oxygen atoms in total. The Morgan fingerprint density at radius 3 is 2.43 bits per heavy atom. The maximum atomic E-state index is 11.1. The molecule has 0 heterocycles. The maximum Gasteiger partial charge on any atom is 0.221 e. The molecular formula is C18H20ClNO3. The predicted molar refractivity (Wildman–Crippen MR) is 92.6 cm³/mol. The number of hydrogen-bond acceptors (Lipinski definition) is 3. The van der Waals surface area contributed by atoms with Crippen LogP contribution in [0.4, 0.5) is 5.69 Å². The number of hydrogen-bond donors (Lipinski definition) is 2. The number of carbonyl (C=O) groups is 1. The third kappa shape index (κ3) is 4.39. The number of nitrogens with one attached hydrogen (secondary N) is 1. The monoisotopic (exact) mass is 333 g/mol. The lowest BCUT2D eigenvalue weighted by atomic mass is 9.86. The highest BCUT2D eigenvalue weighted by atomic mass is 35.5. The summed E-state index contributed by atoms with van der Waals surface area (Å²) in [6.45, 7) is 7.48. The minimum absolute atomic E-state index is 0.164. The number of ether oxygens (including phenoxy) is 1. The van der Waals surface area contributed by atoms with E-state index < -0.39 is 0 Å². The van der Waals surface area contributed by atoms with Crippen molar-refractivity contribution in [2.75, 3.05) is 5.32 Å². The van der Waals surface area contributed by atoms with E-state index in [2.05, 4.69) is 5.32 Å². The number of carbonyl (C=O) groups excluding carboxylic acids is 1. The summed E-state index contributed by atoms with van der Waals surface area (Å²) in [6.07, 6.45) is 0. The SMILES string of the molecule is CC(=O)Nc1ccc(Oc2ccc(O)c(C(C)(C)C)c2)c(Cl)c1. The number of anilines is 1. The average Bonchev–Trinajstić information content (AvgIpc) is 2.42. The van der Waals surface area contributed by atoms with Crippen molar-refractivity contribution in [2.45, 2.75) is 33.1 Å². The molecule has 122 valence electrons. The Balaban J connectivity index is 2.27. The minimum Gasteiger partial charge on any atom is -0.508 e. The Kier molecular flexibility index (Phi) is 4.85. The Morgan fingerprint density at radius 2 is 1.87 bits per heavy atom. The molecule has 2 aromatic rings. The fourth-order valence-electron chi connectivity index (χ4n) is 2.17. The lowest BCUT2D eigenvalue weighted by Crippen LogP contribution is -2.11. The number of halogens is 1. The minimum atomic E-state index is -0.206. The molecule has 0 saturated carbocycles. The zero-order valence-electron chi connectivity index (χ0n) is 13.6. The van der Waals surface area contributed by atoms with E-state index in [1.165, 1.54) is 6.92 Å². The van der Waals surface area contributed by atoms with E-state index in [-0.39, 0.29) is 17.1 Å². The van der Waals surface area contributed by atoms with Crippen molar-refractivity contribution in [3.05, 3.63) is 47.0 Å². The second kappa shape index (κ2) is 6.50. The highest BCUT2D eigenvalue weighted by Crippen LogP contribution is 2.37. The van der Waals surface area contributed by atoms with Gasteiger partial charge in [0, 0.05) is 18.2 Å². The highest BCUT2D eigenvalue weighted by Gasteiger charge is 2.19. The quantitative estimate of drug-likeness (QED) is 0.822. The van der Waals surface area contributed by atoms with E-state index in [0.29, 0.717) is 22.2 Å². The van der Waals surface area contributed by atoms with Crippen molar-refractivity contribution in [1.29, 1.82) is 0 Å². The van der Waals surface area contributed by atoms with Gasteiger partial charge in [-0.3, -0.25) is 4.79 Å². The van der Waals surface area contributed by atoms with Gasteiger partial charge in [-0.05, 0) is 41.8 Å². The summed E-state index contributed by atoms with van der Waals surface area (Å²) >= 11 is 6.20. The third-order valence-corrected chi connectivity index (χ3v) is 3.55. The van der Waals surface area contributed by atoms with Gasteiger partial charge in [0.15, 0.2) is 0 Å². The van der Waals surface area contributed by atoms with Crippen LogP contribution in [-0.4, -0.2) is 11.0 Å². The standard InChI is InChI=1S/C18H20ClNO3/c1-11(21)20-12-5-8-17(15(19)9-12)23-13-6-7-16(22)14(10-13)18(2,3)4/h5-10,22H,1-4H3,(H,20,21). The lowest BCUT2D eigenvalue weighted by molar-refractivity contribution is -0.114. The molecule has 0 aliphatic carbocycles. The van der Waals surface area contributed by atoms with Gasteiger partial charge in [-0.15, -0.1) is 0 Å². The molecule has 0 bridgehead atoms. The Bertz CT molecular complexity index is 736. The number of benzene rings is 2. The van der Waals surface area contributed by atoms with Gasteiger partial charge < -0.3 is 15.2 Å². The first-order valence-electron chi connectivity index (χ1n) is 7.25. The number of rotatable bonds is 3. The van der Waals surface area contributed by atoms with Crippen LogP contribution in [0.15, 0.2) is 36.4 Å². The van der Waals surface area contributed by atoms with Gasteiger partial charge in [-0.25, -0.2) is 0 Å². The highest BCUT2D eigenvalue weighted by molar-refractivity contribution is 6.32. The summed E-state index contributed by atoms with van der Waals surface area (Å²) in [6, 6.07) is 10.1. The molecule has 0 aliphatic rings. The van der Waals surface area contributed by atoms with Gasteiger partial charge in [0.25, 0.3) is 0 Å². The van der Waals surface area contributed by atoms with Crippen LogP contribution < -0.4 is 10.1 Å². The molecule has 2 aromatic carbocycles. The molecule has 0 fully saturated rings. The molecule has 1 amide bonds. The maximum absolute atomic E-state index is 11.1. The molecular weight excluding hydrogens is 314 g/mol. The van der Waals surface area contributed by atoms with Crippen LogP contribution in [0.1, 0.15) is 33.3 Å². The van der Waals surface area contributed by atoms with Crippen molar-refractivity contribution < 1.29 is 14.6 Å². The van der Waals surface area contributed by atoms with Crippen LogP contribution in [0.5, 0.6) is 17.2 Å². The van der Waals surface area contributed by atoms with Crippen molar-refractivity contribution in [3.63, 3.8) is 0 Å². The molecule has 23 heavy (non-hydrogen) atoms. The lowest BCUT2D eigenvalue weighted by Gasteiger charge is -2.21. The molecule has 2 rings (SSSR count). The summed E-state index contributed by atoms with van der Waals surface area (Å²) in [5.74, 6) is 1.13. The number of phenols is 1. The Labute approximate surface area is 141 Å². The predicted octanol–water partition coefficient (Wildman–Crippen LogP) is 5.09. The Hall–Kier alpha value is -2.20. The van der Waals surface area contributed by atoms with Gasteiger partial charge in [0.2, 0.25) is 5.91 Å². The van der Waals surface area contributed by atoms with Crippen LogP contribution >= 0.6 is 11.6 Å². The summed E-state index contributed by atoms with van der Waals surface area (Å²) in [4.78, 5) is 11.1. The second-order valence-corrected chi connectivity index (χ2v) is 6.76. The summed E-state index contributed by atoms with van der Waals surface area (Å²) in [7, 11) is 0. The van der Waals surface area contributed by atoms with E-state index in [1.54, 1.807) is 36.4 Å². The van der Waals surface area contributed by atoms with Gasteiger partial charge in [-0.1, -0.05) is 32.4 Å². The zero-order valence-corrected chi connectivity index (χ0v) is 14.4. The molecule has 0 spiro atoms. The first-order valence-corrected chi connectivity index (χ1v) is 7.63. The van der Waals surface area contributed by atoms with Crippen LogP contribution in [0, 0.1) is 0 Å². The van der Waals surface area contributed by atoms with E-state index >= 15 is 0 Å². The van der Waals surface area contributed by atoms with Crippen LogP contribution in [0.3, 0.4) is 0 Å². The number of aromatic hydroxyl groups is 1. The van der Waals surface area contributed by atoms with Crippen LogP contribution in [0.2, 0.25) is 5.02 Å². The van der Waals surface area contributed by atoms with Crippen molar-refractivity contribution in [2.24, 2.45) is 0 Å². The Morgan fingerprint density at radius 1 is 1.17 bits per heavy atom. The van der Waals surface area contributed by atoms with Crippen molar-refractivity contribution in [1.82, 2.24) is 0 Å². The summed E-state index contributed by atoms with van der Waals surface area (Å²) in [5.41, 5.74) is 1.19. The smallest absolute Gasteiger partial charge is 0.221 e. The number of amides is 1. The molecule has 0 radical (unpaired) electrons. The first-order chi connectivity index (χ1) is 10.7. The normalized spacial score (nSPS) is 11.2. The summed E-state index contributed by atoms with van der Waals surface area (Å²) in [5, 5.41) is 13.0. The van der Waals surface area contributed by atoms with Gasteiger partial charge in [-0.2, -0.15) is 0 Å². The van der Waals surface area contributed by atoms with Crippen LogP contribution in [-0.2, 0) is 10.2 Å². The summed E-state index contributed by atoms with van der Waals surface area (Å²) < 4.78 is 5.80. The molecule has 0 unspecified atom stereocenters. The van der Waals surface area contributed by atoms with E-state index in [4.69, 9.17) is 16.3 Å². The van der Waals surface area contributed by atoms with E-state index in [9.17, 15) is 9.90 Å². The number of phenolic OH excluding ortho intramolecular Hbond substituents is 1. The molecule has 0 atom stereocenters. The molecule has 0 aliphatic heterocycles. The fourth-order valence-corrected chi connectivity index (χ4v) is 2.39. The zero-order chi connectivity index (χ0) is 17.2. The van der Waals surface area contributed by atoms with E-state index in [0.717, 1.165) is 5.56 Å². The largest absolute Gasteiger partial charge is 0.508 e. The topological polar surface area (TPSA) is 58.6 Å². The average molecular weight is 334 g/mol. The molecule has 0 aromatic heterocycles. The first kappa shape index (κ1) is 17.2. The van der Waals surface area contributed by atoms with Crippen LogP contribution in [0.25, 0.3) is 0 Å². The van der Waals surface area contributed by atoms with Crippen molar-refractivity contribution in [3.8, 4) is 17.2 Å². The molecule has 0 saturated heterocycles. The second-order valence-electron chi connectivity index (χ2n) is 6.36. The molecule has 2 N–H and O–H groups in total. The molecule has 5 heteroatoms. The van der Waals surface area contributed by atoms with Gasteiger partial charge >= 0.3 is 0 Å². The van der Waals surface area contributed by atoms with E-state index in [1.807, 2.05) is 20.8 Å².